The molecule has 180 valence electrons. The van der Waals surface area contributed by atoms with Crippen LogP contribution in [0.15, 0.2) is 30.5 Å². The molecule has 1 heterocycles. The fourth-order valence-corrected chi connectivity index (χ4v) is 3.63. The zero-order valence-corrected chi connectivity index (χ0v) is 19.5. The van der Waals surface area contributed by atoms with E-state index < -0.39 is 48.4 Å². The van der Waals surface area contributed by atoms with E-state index in [0.717, 1.165) is 16.5 Å². The predicted molar refractivity (Wildman–Crippen MR) is 128 cm³/mol. The van der Waals surface area contributed by atoms with Crippen molar-refractivity contribution in [3.05, 3.63) is 36.0 Å². The molecule has 2 rings (SSSR count). The van der Waals surface area contributed by atoms with Crippen LogP contribution in [-0.2, 0) is 25.6 Å². The second kappa shape index (κ2) is 12.3. The molecule has 10 nitrogen and oxygen atoms in total. The molecule has 0 saturated carbocycles. The van der Waals surface area contributed by atoms with Gasteiger partial charge in [-0.15, -0.1) is 0 Å². The van der Waals surface area contributed by atoms with Crippen molar-refractivity contribution in [1.29, 1.82) is 0 Å². The lowest BCUT2D eigenvalue weighted by Crippen LogP contribution is -2.57. The largest absolute Gasteiger partial charge is 0.480 e. The molecule has 0 aliphatic rings. The number of H-pyrrole nitrogens is 1. The van der Waals surface area contributed by atoms with Crippen molar-refractivity contribution in [3.63, 3.8) is 0 Å². The van der Waals surface area contributed by atoms with Crippen LogP contribution in [0.4, 0.5) is 0 Å². The molecule has 0 fully saturated rings. The van der Waals surface area contributed by atoms with Crippen molar-refractivity contribution in [1.82, 2.24) is 20.9 Å². The number of hydrogen-bond donors (Lipinski definition) is 7. The summed E-state index contributed by atoms with van der Waals surface area (Å²) in [5, 5.41) is 17.2. The van der Waals surface area contributed by atoms with Crippen molar-refractivity contribution in [2.24, 2.45) is 11.7 Å². The lowest BCUT2D eigenvalue weighted by molar-refractivity contribution is -0.138. The molecule has 2 aromatic rings. The molecule has 33 heavy (non-hydrogen) atoms. The molecule has 11 heteroatoms. The van der Waals surface area contributed by atoms with Crippen LogP contribution in [0.5, 0.6) is 0 Å². The number of thiol groups is 1. The van der Waals surface area contributed by atoms with Crippen LogP contribution >= 0.6 is 12.6 Å². The van der Waals surface area contributed by atoms with Gasteiger partial charge in [0.15, 0.2) is 0 Å². The average molecular weight is 478 g/mol. The first-order valence-corrected chi connectivity index (χ1v) is 11.3. The van der Waals surface area contributed by atoms with Crippen LogP contribution in [0.2, 0.25) is 0 Å². The Morgan fingerprint density at radius 3 is 2.36 bits per heavy atom. The smallest absolute Gasteiger partial charge is 0.322 e. The maximum Gasteiger partial charge on any atom is 0.322 e. The molecule has 1 aromatic carbocycles. The van der Waals surface area contributed by atoms with E-state index in [1.165, 1.54) is 0 Å². The van der Waals surface area contributed by atoms with Gasteiger partial charge in [0.25, 0.3) is 0 Å². The zero-order chi connectivity index (χ0) is 24.5. The molecule has 3 amide bonds. The number of amides is 3. The van der Waals surface area contributed by atoms with E-state index in [2.05, 4.69) is 33.6 Å². The fraction of sp³-hybridized carbons (Fsp3) is 0.455. The Labute approximate surface area is 197 Å². The second-order valence-corrected chi connectivity index (χ2v) is 8.58. The van der Waals surface area contributed by atoms with Crippen molar-refractivity contribution < 1.29 is 24.3 Å². The maximum absolute atomic E-state index is 12.9. The number of hydrogen-bond acceptors (Lipinski definition) is 6. The number of carboxylic acid groups (broad SMARTS) is 1. The van der Waals surface area contributed by atoms with Crippen LogP contribution in [0.3, 0.4) is 0 Å². The first-order chi connectivity index (χ1) is 15.6. The van der Waals surface area contributed by atoms with E-state index in [0.29, 0.717) is 6.42 Å². The van der Waals surface area contributed by atoms with E-state index in [1.54, 1.807) is 6.20 Å². The van der Waals surface area contributed by atoms with E-state index in [1.807, 2.05) is 38.1 Å². The fourth-order valence-electron chi connectivity index (χ4n) is 3.38. The summed E-state index contributed by atoms with van der Waals surface area (Å²) in [6.45, 7) is 3.28. The van der Waals surface area contributed by atoms with Crippen molar-refractivity contribution in [3.8, 4) is 0 Å². The van der Waals surface area contributed by atoms with Gasteiger partial charge in [-0.3, -0.25) is 19.2 Å². The number of carbonyl (C=O) groups excluding carboxylic acids is 3. The number of rotatable bonds is 12. The van der Waals surface area contributed by atoms with Gasteiger partial charge in [-0.2, -0.15) is 12.6 Å². The number of fused-ring (bicyclic) bond motifs is 1. The molecular weight excluding hydrogens is 446 g/mol. The Bertz CT molecular complexity index is 992. The Hall–Kier alpha value is -3.05. The van der Waals surface area contributed by atoms with Crippen LogP contribution in [-0.4, -0.2) is 64.2 Å². The van der Waals surface area contributed by atoms with Crippen LogP contribution in [0.25, 0.3) is 10.9 Å². The summed E-state index contributed by atoms with van der Waals surface area (Å²) in [5.41, 5.74) is 7.52. The summed E-state index contributed by atoms with van der Waals surface area (Å²) in [6, 6.07) is 4.61. The van der Waals surface area contributed by atoms with Crippen LogP contribution in [0, 0.1) is 5.92 Å². The van der Waals surface area contributed by atoms with Gasteiger partial charge >= 0.3 is 5.97 Å². The van der Waals surface area contributed by atoms with Crippen molar-refractivity contribution in [2.75, 3.05) is 12.3 Å². The SMILES string of the molecule is CC(C)CC(N)C(=O)NC(CS)C(=O)NC(Cc1c[nH]c2ccccc12)C(=O)NCC(=O)O. The quantitative estimate of drug-likeness (QED) is 0.215. The number of carbonyl (C=O) groups is 4. The van der Waals surface area contributed by atoms with Crippen molar-refractivity contribution in [2.45, 2.75) is 44.8 Å². The number of nitrogens with two attached hydrogens (primary N) is 1. The summed E-state index contributed by atoms with van der Waals surface area (Å²) < 4.78 is 0. The van der Waals surface area contributed by atoms with Crippen molar-refractivity contribution >= 4 is 47.2 Å². The first-order valence-electron chi connectivity index (χ1n) is 10.6. The number of aromatic nitrogens is 1. The molecule has 0 aliphatic heterocycles. The van der Waals surface area contributed by atoms with E-state index >= 15 is 0 Å². The molecule has 0 aliphatic carbocycles. The van der Waals surface area contributed by atoms with Gasteiger partial charge < -0.3 is 31.8 Å². The van der Waals surface area contributed by atoms with Gasteiger partial charge in [-0.1, -0.05) is 32.0 Å². The third kappa shape index (κ3) is 7.79. The zero-order valence-electron chi connectivity index (χ0n) is 18.6. The summed E-state index contributed by atoms with van der Waals surface area (Å²) in [5.74, 6) is -2.78. The Kier molecular flexibility index (Phi) is 9.74. The van der Waals surface area contributed by atoms with E-state index in [-0.39, 0.29) is 18.1 Å². The number of nitrogens with one attached hydrogen (secondary N) is 4. The van der Waals surface area contributed by atoms with Gasteiger partial charge in [0.05, 0.1) is 6.04 Å². The minimum Gasteiger partial charge on any atom is -0.480 e. The van der Waals surface area contributed by atoms with Crippen LogP contribution in [0.1, 0.15) is 25.8 Å². The molecular formula is C22H31N5O5S. The molecule has 7 N–H and O–H groups in total. The third-order valence-electron chi connectivity index (χ3n) is 5.02. The minimum absolute atomic E-state index is 0.0114. The summed E-state index contributed by atoms with van der Waals surface area (Å²) in [7, 11) is 0. The lowest BCUT2D eigenvalue weighted by Gasteiger charge is -2.23. The highest BCUT2D eigenvalue weighted by Crippen LogP contribution is 2.19. The van der Waals surface area contributed by atoms with Gasteiger partial charge in [0, 0.05) is 29.3 Å². The average Bonchev–Trinajstić information content (AvgIpc) is 3.17. The highest BCUT2D eigenvalue weighted by molar-refractivity contribution is 7.80. The third-order valence-corrected chi connectivity index (χ3v) is 5.39. The van der Waals surface area contributed by atoms with Gasteiger partial charge in [0.2, 0.25) is 17.7 Å². The number of carboxylic acids is 1. The van der Waals surface area contributed by atoms with Gasteiger partial charge in [-0.05, 0) is 24.0 Å². The molecule has 1 aromatic heterocycles. The molecule has 0 bridgehead atoms. The Morgan fingerprint density at radius 2 is 1.73 bits per heavy atom. The first kappa shape index (κ1) is 26.2. The summed E-state index contributed by atoms with van der Waals surface area (Å²) in [6.07, 6.45) is 2.30. The number of para-hydroxylation sites is 1. The second-order valence-electron chi connectivity index (χ2n) is 8.22. The highest BCUT2D eigenvalue weighted by atomic mass is 32.1. The molecule has 3 atom stereocenters. The lowest BCUT2D eigenvalue weighted by atomic mass is 10.0. The normalized spacial score (nSPS) is 13.8. The Balaban J connectivity index is 2.16. The molecule has 0 spiro atoms. The van der Waals surface area contributed by atoms with Gasteiger partial charge in [0.1, 0.15) is 18.6 Å². The number of aliphatic carboxylic acids is 1. The molecule has 0 radical (unpaired) electrons. The standard InChI is InChI=1S/C22H31N5O5S/c1-12(2)7-15(23)20(30)27-18(11-33)22(32)26-17(21(31)25-10-19(28)29)8-13-9-24-16-6-4-3-5-14(13)16/h3-6,9,12,15,17-18,24,33H,7-8,10-11,23H2,1-2H3,(H,25,31)(H,26,32)(H,27,30)(H,28,29). The predicted octanol–water partition coefficient (Wildman–Crippen LogP) is 0.184. The molecule has 0 saturated heterocycles. The summed E-state index contributed by atoms with van der Waals surface area (Å²) >= 11 is 4.15. The highest BCUT2D eigenvalue weighted by Gasteiger charge is 2.28. The maximum atomic E-state index is 12.9. The van der Waals surface area contributed by atoms with E-state index in [9.17, 15) is 19.2 Å². The number of aromatic amines is 1. The Morgan fingerprint density at radius 1 is 1.06 bits per heavy atom. The van der Waals surface area contributed by atoms with Gasteiger partial charge in [-0.25, -0.2) is 0 Å². The monoisotopic (exact) mass is 477 g/mol. The minimum atomic E-state index is -1.21. The summed E-state index contributed by atoms with van der Waals surface area (Å²) in [4.78, 5) is 51.9. The number of benzene rings is 1. The topological polar surface area (TPSA) is 166 Å². The van der Waals surface area contributed by atoms with E-state index in [4.69, 9.17) is 10.8 Å². The molecule has 3 unspecified atom stereocenters. The van der Waals surface area contributed by atoms with Crippen LogP contribution < -0.4 is 21.7 Å².